The molecule has 0 aromatic carbocycles. The third-order valence-electron chi connectivity index (χ3n) is 2.54. The molecule has 1 rings (SSSR count). The molecule has 1 aliphatic heterocycles. The first-order valence-electron chi connectivity index (χ1n) is 7.49. The molecule has 0 aromatic heterocycles. The summed E-state index contributed by atoms with van der Waals surface area (Å²) in [5.74, 6) is 0.778. The molecule has 3 nitrogen and oxygen atoms in total. The zero-order chi connectivity index (χ0) is 14.2. The van der Waals surface area contributed by atoms with E-state index in [4.69, 9.17) is 9.47 Å². The standard InChI is InChI=1S/C7H15NO.C6H14O.C2H6/c1-2-3-8-4-6-9-7-5-8;1-6(2)4-5-7-3;1-2/h2-7H2,1H3;6H,4-5H2,1-3H3;1-2H3. The predicted molar refractivity (Wildman–Crippen MR) is 80.2 cm³/mol. The van der Waals surface area contributed by atoms with Crippen molar-refractivity contribution in [1.82, 2.24) is 4.90 Å². The van der Waals surface area contributed by atoms with Gasteiger partial charge >= 0.3 is 0 Å². The lowest BCUT2D eigenvalue weighted by atomic mass is 10.1. The Kier molecular flexibility index (Phi) is 18.9. The summed E-state index contributed by atoms with van der Waals surface area (Å²) in [6.07, 6.45) is 2.44. The first-order chi connectivity index (χ1) is 8.70. The van der Waals surface area contributed by atoms with Crippen LogP contribution in [0.3, 0.4) is 0 Å². The van der Waals surface area contributed by atoms with Gasteiger partial charge in [-0.05, 0) is 25.3 Å². The number of rotatable bonds is 5. The van der Waals surface area contributed by atoms with Gasteiger partial charge in [0.25, 0.3) is 0 Å². The van der Waals surface area contributed by atoms with Crippen LogP contribution in [0, 0.1) is 5.92 Å². The number of methoxy groups -OCH3 is 1. The Bertz CT molecular complexity index is 132. The van der Waals surface area contributed by atoms with Gasteiger partial charge in [0.05, 0.1) is 13.2 Å². The van der Waals surface area contributed by atoms with Crippen molar-refractivity contribution in [1.29, 1.82) is 0 Å². The molecule has 1 heterocycles. The lowest BCUT2D eigenvalue weighted by Crippen LogP contribution is -2.36. The zero-order valence-corrected chi connectivity index (χ0v) is 13.5. The van der Waals surface area contributed by atoms with Gasteiger partial charge in [0.15, 0.2) is 0 Å². The van der Waals surface area contributed by atoms with Crippen LogP contribution in [0.5, 0.6) is 0 Å². The van der Waals surface area contributed by atoms with Crippen molar-refractivity contribution in [2.75, 3.05) is 46.6 Å². The topological polar surface area (TPSA) is 21.7 Å². The van der Waals surface area contributed by atoms with E-state index < -0.39 is 0 Å². The molecule has 0 amide bonds. The van der Waals surface area contributed by atoms with Crippen molar-refractivity contribution < 1.29 is 9.47 Å². The number of ether oxygens (including phenoxy) is 2. The first-order valence-corrected chi connectivity index (χ1v) is 7.49. The maximum absolute atomic E-state index is 5.20. The van der Waals surface area contributed by atoms with Gasteiger partial charge in [0.2, 0.25) is 0 Å². The van der Waals surface area contributed by atoms with Gasteiger partial charge in [-0.3, -0.25) is 4.90 Å². The van der Waals surface area contributed by atoms with E-state index in [1.54, 1.807) is 7.11 Å². The van der Waals surface area contributed by atoms with E-state index in [-0.39, 0.29) is 0 Å². The molecular weight excluding hydrogens is 226 g/mol. The van der Waals surface area contributed by atoms with Crippen LogP contribution >= 0.6 is 0 Å². The molecule has 3 heteroatoms. The molecule has 0 aliphatic carbocycles. The molecule has 0 saturated carbocycles. The second-order valence-electron chi connectivity index (χ2n) is 4.63. The molecule has 18 heavy (non-hydrogen) atoms. The predicted octanol–water partition coefficient (Wildman–Crippen LogP) is 3.43. The minimum atomic E-state index is 0.778. The van der Waals surface area contributed by atoms with E-state index in [9.17, 15) is 0 Å². The Morgan fingerprint density at radius 3 is 2.06 bits per heavy atom. The Balaban J connectivity index is 0. The molecule has 0 aromatic rings. The summed E-state index contributed by atoms with van der Waals surface area (Å²) in [4.78, 5) is 2.45. The maximum Gasteiger partial charge on any atom is 0.0594 e. The van der Waals surface area contributed by atoms with Crippen LogP contribution in [-0.2, 0) is 9.47 Å². The van der Waals surface area contributed by atoms with Crippen molar-refractivity contribution in [3.63, 3.8) is 0 Å². The fourth-order valence-corrected chi connectivity index (χ4v) is 1.49. The fraction of sp³-hybridized carbons (Fsp3) is 1.00. The molecule has 0 unspecified atom stereocenters. The van der Waals surface area contributed by atoms with Gasteiger partial charge < -0.3 is 9.47 Å². The highest BCUT2D eigenvalue weighted by Gasteiger charge is 2.07. The monoisotopic (exact) mass is 261 g/mol. The second kappa shape index (κ2) is 16.9. The number of morpholine rings is 1. The van der Waals surface area contributed by atoms with Gasteiger partial charge in [0, 0.05) is 26.8 Å². The Morgan fingerprint density at radius 2 is 1.72 bits per heavy atom. The Morgan fingerprint density at radius 1 is 1.17 bits per heavy atom. The van der Waals surface area contributed by atoms with Crippen molar-refractivity contribution >= 4 is 0 Å². The molecule has 1 aliphatic rings. The molecular formula is C15H35NO2. The average molecular weight is 261 g/mol. The molecule has 1 saturated heterocycles. The normalized spacial score (nSPS) is 15.5. The SMILES string of the molecule is CC.CCCN1CCOCC1.COCCC(C)C. The summed E-state index contributed by atoms with van der Waals surface area (Å²) in [7, 11) is 1.74. The van der Waals surface area contributed by atoms with Crippen LogP contribution in [0.15, 0.2) is 0 Å². The lowest BCUT2D eigenvalue weighted by Gasteiger charge is -2.25. The van der Waals surface area contributed by atoms with E-state index in [1.165, 1.54) is 19.4 Å². The number of hydrogen-bond donors (Lipinski definition) is 0. The van der Waals surface area contributed by atoms with Crippen LogP contribution in [0.2, 0.25) is 0 Å². The fourth-order valence-electron chi connectivity index (χ4n) is 1.49. The third kappa shape index (κ3) is 15.9. The number of hydrogen-bond acceptors (Lipinski definition) is 3. The van der Waals surface area contributed by atoms with Gasteiger partial charge in [-0.25, -0.2) is 0 Å². The first kappa shape index (κ1) is 20.2. The minimum absolute atomic E-state index is 0.778. The van der Waals surface area contributed by atoms with E-state index in [0.29, 0.717) is 0 Å². The smallest absolute Gasteiger partial charge is 0.0594 e. The average Bonchev–Trinajstić information content (AvgIpc) is 2.41. The van der Waals surface area contributed by atoms with Gasteiger partial charge in [-0.1, -0.05) is 34.6 Å². The van der Waals surface area contributed by atoms with Gasteiger partial charge in [-0.2, -0.15) is 0 Å². The van der Waals surface area contributed by atoms with Crippen LogP contribution in [0.1, 0.15) is 47.5 Å². The quantitative estimate of drug-likeness (QED) is 0.757. The highest BCUT2D eigenvalue weighted by atomic mass is 16.5. The summed E-state index contributed by atoms with van der Waals surface area (Å²) >= 11 is 0. The Hall–Kier alpha value is -0.120. The molecule has 0 atom stereocenters. The Labute approximate surface area is 115 Å². The van der Waals surface area contributed by atoms with Gasteiger partial charge in [0.1, 0.15) is 0 Å². The van der Waals surface area contributed by atoms with Crippen LogP contribution in [-0.4, -0.2) is 51.5 Å². The van der Waals surface area contributed by atoms with Crippen LogP contribution < -0.4 is 0 Å². The molecule has 0 N–H and O–H groups in total. The summed E-state index contributed by atoms with van der Waals surface area (Å²) in [6.45, 7) is 16.9. The minimum Gasteiger partial charge on any atom is -0.385 e. The highest BCUT2D eigenvalue weighted by molar-refractivity contribution is 4.59. The summed E-state index contributed by atoms with van der Waals surface area (Å²) < 4.78 is 10.1. The molecule has 0 radical (unpaired) electrons. The largest absolute Gasteiger partial charge is 0.385 e. The van der Waals surface area contributed by atoms with E-state index >= 15 is 0 Å². The third-order valence-corrected chi connectivity index (χ3v) is 2.54. The van der Waals surface area contributed by atoms with Crippen molar-refractivity contribution in [3.05, 3.63) is 0 Å². The lowest BCUT2D eigenvalue weighted by molar-refractivity contribution is 0.0380. The maximum atomic E-state index is 5.20. The second-order valence-corrected chi connectivity index (χ2v) is 4.63. The van der Waals surface area contributed by atoms with E-state index in [0.717, 1.165) is 38.8 Å². The van der Waals surface area contributed by atoms with Gasteiger partial charge in [-0.15, -0.1) is 0 Å². The highest BCUT2D eigenvalue weighted by Crippen LogP contribution is 1.97. The van der Waals surface area contributed by atoms with Crippen molar-refractivity contribution in [2.24, 2.45) is 5.92 Å². The molecule has 0 spiro atoms. The number of nitrogens with zero attached hydrogens (tertiary/aromatic N) is 1. The van der Waals surface area contributed by atoms with Crippen molar-refractivity contribution in [2.45, 2.75) is 47.5 Å². The van der Waals surface area contributed by atoms with E-state index in [2.05, 4.69) is 25.7 Å². The summed E-state index contributed by atoms with van der Waals surface area (Å²) in [5.41, 5.74) is 0. The molecule has 112 valence electrons. The van der Waals surface area contributed by atoms with Crippen molar-refractivity contribution in [3.8, 4) is 0 Å². The van der Waals surface area contributed by atoms with Crippen LogP contribution in [0.25, 0.3) is 0 Å². The molecule has 1 fully saturated rings. The zero-order valence-electron chi connectivity index (χ0n) is 13.5. The molecule has 0 bridgehead atoms. The van der Waals surface area contributed by atoms with E-state index in [1.807, 2.05) is 13.8 Å². The summed E-state index contributed by atoms with van der Waals surface area (Å²) in [5, 5.41) is 0. The van der Waals surface area contributed by atoms with Crippen LogP contribution in [0.4, 0.5) is 0 Å². The summed E-state index contributed by atoms with van der Waals surface area (Å²) in [6, 6.07) is 0.